The third-order valence-electron chi connectivity index (χ3n) is 2.97. The van der Waals surface area contributed by atoms with E-state index in [2.05, 4.69) is 5.32 Å². The molecule has 0 saturated heterocycles. The van der Waals surface area contributed by atoms with E-state index in [-0.39, 0.29) is 11.3 Å². The lowest BCUT2D eigenvalue weighted by atomic mass is 10.1. The molecular weight excluding hydrogens is 342 g/mol. The average molecular weight is 353 g/mol. The standard InChI is InChI=1S/C14H11NO8S/c16-10-6-12(24(21,22)23)11(17)5-9(10)13(18)15-8-3-1-2-7(4-8)14(19)20/h1-6,16-17H,(H,15,18)(H,19,20)(H,21,22,23). The molecule has 24 heavy (non-hydrogen) atoms. The Morgan fingerprint density at radius 3 is 2.25 bits per heavy atom. The fourth-order valence-electron chi connectivity index (χ4n) is 1.87. The van der Waals surface area contributed by atoms with Crippen molar-refractivity contribution in [3.8, 4) is 11.5 Å². The van der Waals surface area contributed by atoms with Crippen LogP contribution in [-0.2, 0) is 10.1 Å². The minimum atomic E-state index is -4.78. The first kappa shape index (κ1) is 17.2. The number of carbonyl (C=O) groups excluding carboxylic acids is 1. The van der Waals surface area contributed by atoms with Crippen LogP contribution in [0.5, 0.6) is 11.5 Å². The fourth-order valence-corrected chi connectivity index (χ4v) is 2.46. The molecule has 0 fully saturated rings. The lowest BCUT2D eigenvalue weighted by Gasteiger charge is -2.09. The highest BCUT2D eigenvalue weighted by atomic mass is 32.2. The van der Waals surface area contributed by atoms with Gasteiger partial charge in [0.05, 0.1) is 11.1 Å². The number of aromatic hydroxyl groups is 2. The van der Waals surface area contributed by atoms with Crippen molar-refractivity contribution < 1.29 is 37.9 Å². The molecule has 0 radical (unpaired) electrons. The zero-order valence-corrected chi connectivity index (χ0v) is 12.6. The molecule has 0 aliphatic carbocycles. The van der Waals surface area contributed by atoms with Gasteiger partial charge in [-0.05, 0) is 24.3 Å². The molecule has 0 aromatic heterocycles. The normalized spacial score (nSPS) is 11.0. The second kappa shape index (κ2) is 6.18. The highest BCUT2D eigenvalue weighted by Gasteiger charge is 2.21. The number of phenols is 2. The molecule has 0 spiro atoms. The first-order chi connectivity index (χ1) is 11.1. The molecule has 10 heteroatoms. The van der Waals surface area contributed by atoms with Crippen molar-refractivity contribution in [1.29, 1.82) is 0 Å². The summed E-state index contributed by atoms with van der Waals surface area (Å²) in [5, 5.41) is 30.5. The van der Waals surface area contributed by atoms with Gasteiger partial charge in [0.1, 0.15) is 16.4 Å². The van der Waals surface area contributed by atoms with Crippen LogP contribution in [0.1, 0.15) is 20.7 Å². The van der Waals surface area contributed by atoms with E-state index >= 15 is 0 Å². The summed E-state index contributed by atoms with van der Waals surface area (Å²) in [6.45, 7) is 0. The summed E-state index contributed by atoms with van der Waals surface area (Å²) in [4.78, 5) is 22.0. The summed E-state index contributed by atoms with van der Waals surface area (Å²) in [7, 11) is -4.78. The number of aromatic carboxylic acids is 1. The largest absolute Gasteiger partial charge is 0.507 e. The molecule has 0 atom stereocenters. The van der Waals surface area contributed by atoms with Crippen LogP contribution >= 0.6 is 0 Å². The third kappa shape index (κ3) is 3.62. The Labute approximate surface area is 135 Å². The highest BCUT2D eigenvalue weighted by Crippen LogP contribution is 2.31. The van der Waals surface area contributed by atoms with Crippen LogP contribution < -0.4 is 5.32 Å². The van der Waals surface area contributed by atoms with Crippen molar-refractivity contribution in [3.63, 3.8) is 0 Å². The lowest BCUT2D eigenvalue weighted by Crippen LogP contribution is -2.13. The Hall–Kier alpha value is -3.11. The fraction of sp³-hybridized carbons (Fsp3) is 0. The number of benzene rings is 2. The van der Waals surface area contributed by atoms with Crippen LogP contribution in [0, 0.1) is 0 Å². The summed E-state index contributed by atoms with van der Waals surface area (Å²) < 4.78 is 30.9. The monoisotopic (exact) mass is 353 g/mol. The Balaban J connectivity index is 2.36. The number of amides is 1. The van der Waals surface area contributed by atoms with Crippen molar-refractivity contribution in [1.82, 2.24) is 0 Å². The molecule has 0 saturated carbocycles. The predicted molar refractivity (Wildman–Crippen MR) is 80.9 cm³/mol. The topological polar surface area (TPSA) is 161 Å². The van der Waals surface area contributed by atoms with Gasteiger partial charge in [0, 0.05) is 11.8 Å². The van der Waals surface area contributed by atoms with E-state index in [0.717, 1.165) is 0 Å². The van der Waals surface area contributed by atoms with Crippen LogP contribution in [0.4, 0.5) is 5.69 Å². The molecule has 9 nitrogen and oxygen atoms in total. The summed E-state index contributed by atoms with van der Waals surface area (Å²) in [5.41, 5.74) is -0.445. The number of phenolic OH excluding ortho intramolecular Hbond substituents is 2. The van der Waals surface area contributed by atoms with Gasteiger partial charge < -0.3 is 20.6 Å². The second-order valence-corrected chi connectivity index (χ2v) is 6.04. The Bertz CT molecular complexity index is 936. The van der Waals surface area contributed by atoms with Gasteiger partial charge in [-0.3, -0.25) is 9.35 Å². The molecule has 2 rings (SSSR count). The summed E-state index contributed by atoms with van der Waals surface area (Å²) in [6, 6.07) is 6.44. The molecule has 1 amide bonds. The molecule has 0 bridgehead atoms. The van der Waals surface area contributed by atoms with E-state index in [1.807, 2.05) is 0 Å². The Morgan fingerprint density at radius 1 is 1.00 bits per heavy atom. The SMILES string of the molecule is O=C(O)c1cccc(NC(=O)c2cc(O)c(S(=O)(=O)O)cc2O)c1. The number of hydrogen-bond acceptors (Lipinski definition) is 6. The number of hydrogen-bond donors (Lipinski definition) is 5. The zero-order valence-electron chi connectivity index (χ0n) is 11.8. The van der Waals surface area contributed by atoms with E-state index in [0.29, 0.717) is 12.1 Å². The number of nitrogens with one attached hydrogen (secondary N) is 1. The molecule has 126 valence electrons. The van der Waals surface area contributed by atoms with Crippen molar-refractivity contribution in [2.75, 3.05) is 5.32 Å². The number of carboxylic acids is 1. The summed E-state index contributed by atoms with van der Waals surface area (Å²) in [5.74, 6) is -3.86. The maximum atomic E-state index is 12.1. The maximum absolute atomic E-state index is 12.1. The van der Waals surface area contributed by atoms with Crippen molar-refractivity contribution in [3.05, 3.63) is 47.5 Å². The van der Waals surface area contributed by atoms with Crippen LogP contribution in [0.3, 0.4) is 0 Å². The quantitative estimate of drug-likeness (QED) is 0.406. The van der Waals surface area contributed by atoms with Crippen LogP contribution in [0.2, 0.25) is 0 Å². The first-order valence-electron chi connectivity index (χ1n) is 6.28. The van der Waals surface area contributed by atoms with Crippen molar-refractivity contribution in [2.45, 2.75) is 4.90 Å². The van der Waals surface area contributed by atoms with E-state index in [4.69, 9.17) is 9.66 Å². The molecule has 0 aliphatic heterocycles. The second-order valence-electron chi connectivity index (χ2n) is 4.65. The molecule has 0 heterocycles. The van der Waals surface area contributed by atoms with Gasteiger partial charge in [0.2, 0.25) is 0 Å². The Kier molecular flexibility index (Phi) is 4.44. The van der Waals surface area contributed by atoms with Gasteiger partial charge >= 0.3 is 5.97 Å². The van der Waals surface area contributed by atoms with Crippen LogP contribution in [-0.4, -0.2) is 40.2 Å². The lowest BCUT2D eigenvalue weighted by molar-refractivity contribution is 0.0696. The van der Waals surface area contributed by atoms with E-state index in [1.165, 1.54) is 24.3 Å². The molecule has 2 aromatic rings. The van der Waals surface area contributed by atoms with E-state index < -0.39 is 44.0 Å². The molecular formula is C14H11NO8S. The van der Waals surface area contributed by atoms with Crippen LogP contribution in [0.25, 0.3) is 0 Å². The van der Waals surface area contributed by atoms with Crippen molar-refractivity contribution in [2.24, 2.45) is 0 Å². The van der Waals surface area contributed by atoms with Gasteiger partial charge in [0.25, 0.3) is 16.0 Å². The average Bonchev–Trinajstić information content (AvgIpc) is 2.48. The zero-order chi connectivity index (χ0) is 18.1. The molecule has 0 unspecified atom stereocenters. The summed E-state index contributed by atoms with van der Waals surface area (Å²) >= 11 is 0. The Morgan fingerprint density at radius 2 is 1.67 bits per heavy atom. The first-order valence-corrected chi connectivity index (χ1v) is 7.72. The number of rotatable bonds is 4. The van der Waals surface area contributed by atoms with Gasteiger partial charge in [-0.2, -0.15) is 8.42 Å². The van der Waals surface area contributed by atoms with Crippen molar-refractivity contribution >= 4 is 27.7 Å². The number of carbonyl (C=O) groups is 2. The summed E-state index contributed by atoms with van der Waals surface area (Å²) in [6.07, 6.45) is 0. The highest BCUT2D eigenvalue weighted by molar-refractivity contribution is 7.86. The minimum absolute atomic E-state index is 0.0819. The van der Waals surface area contributed by atoms with E-state index in [9.17, 15) is 28.2 Å². The number of carboxylic acid groups (broad SMARTS) is 1. The van der Waals surface area contributed by atoms with Gasteiger partial charge in [-0.1, -0.05) is 6.07 Å². The van der Waals surface area contributed by atoms with Gasteiger partial charge in [-0.25, -0.2) is 4.79 Å². The third-order valence-corrected chi connectivity index (χ3v) is 3.85. The van der Waals surface area contributed by atoms with Gasteiger partial charge in [-0.15, -0.1) is 0 Å². The number of anilines is 1. The minimum Gasteiger partial charge on any atom is -0.507 e. The molecule has 0 aliphatic rings. The smallest absolute Gasteiger partial charge is 0.335 e. The predicted octanol–water partition coefficient (Wildman–Crippen LogP) is 1.29. The van der Waals surface area contributed by atoms with E-state index in [1.54, 1.807) is 0 Å². The maximum Gasteiger partial charge on any atom is 0.335 e. The molecule has 2 aromatic carbocycles. The van der Waals surface area contributed by atoms with Gasteiger partial charge in [0.15, 0.2) is 0 Å². The molecule has 5 N–H and O–H groups in total. The van der Waals surface area contributed by atoms with Crippen LogP contribution in [0.15, 0.2) is 41.3 Å².